The van der Waals surface area contributed by atoms with Gasteiger partial charge in [-0.1, -0.05) is 6.92 Å². The Kier molecular flexibility index (Phi) is 4.45. The average molecular weight is 297 g/mol. The maximum absolute atomic E-state index is 12.5. The molecule has 1 aromatic rings. The van der Waals surface area contributed by atoms with Gasteiger partial charge in [-0.2, -0.15) is 4.31 Å². The van der Waals surface area contributed by atoms with Crippen LogP contribution in [-0.4, -0.2) is 36.9 Å². The van der Waals surface area contributed by atoms with Crippen LogP contribution in [-0.2, 0) is 10.0 Å². The standard InChI is InChI=1S/C14H19NO4S/c1-11-3-2-9-15(10-8-11)20(18,19)13-6-4-12(5-7-13)14(16)17/h4-7,11H,2-3,8-10H2,1H3,(H,16,17). The Balaban J connectivity index is 2.23. The van der Waals surface area contributed by atoms with E-state index in [-0.39, 0.29) is 10.5 Å². The van der Waals surface area contributed by atoms with E-state index < -0.39 is 16.0 Å². The fourth-order valence-electron chi connectivity index (χ4n) is 2.40. The first-order chi connectivity index (χ1) is 9.41. The molecule has 20 heavy (non-hydrogen) atoms. The van der Waals surface area contributed by atoms with Crippen molar-refractivity contribution in [3.8, 4) is 0 Å². The van der Waals surface area contributed by atoms with E-state index in [0.717, 1.165) is 19.3 Å². The highest BCUT2D eigenvalue weighted by Gasteiger charge is 2.26. The van der Waals surface area contributed by atoms with Crippen molar-refractivity contribution < 1.29 is 18.3 Å². The van der Waals surface area contributed by atoms with Gasteiger partial charge in [0.1, 0.15) is 0 Å². The number of sulfonamides is 1. The molecule has 1 heterocycles. The summed E-state index contributed by atoms with van der Waals surface area (Å²) >= 11 is 0. The van der Waals surface area contributed by atoms with Gasteiger partial charge < -0.3 is 5.11 Å². The Morgan fingerprint density at radius 1 is 1.20 bits per heavy atom. The molecule has 5 nitrogen and oxygen atoms in total. The number of hydrogen-bond acceptors (Lipinski definition) is 3. The molecule has 0 aromatic heterocycles. The number of rotatable bonds is 3. The lowest BCUT2D eigenvalue weighted by atomic mass is 10.0. The third kappa shape index (κ3) is 3.19. The summed E-state index contributed by atoms with van der Waals surface area (Å²) in [5.74, 6) is -0.512. The van der Waals surface area contributed by atoms with Crippen LogP contribution in [0.15, 0.2) is 29.2 Å². The predicted molar refractivity (Wildman–Crippen MR) is 75.2 cm³/mol. The van der Waals surface area contributed by atoms with Gasteiger partial charge in [-0.25, -0.2) is 13.2 Å². The summed E-state index contributed by atoms with van der Waals surface area (Å²) in [6, 6.07) is 5.39. The number of aromatic carboxylic acids is 1. The normalized spacial score (nSPS) is 21.4. The van der Waals surface area contributed by atoms with Crippen molar-refractivity contribution in [1.82, 2.24) is 4.31 Å². The summed E-state index contributed by atoms with van der Waals surface area (Å²) in [6.45, 7) is 3.20. The van der Waals surface area contributed by atoms with Crippen molar-refractivity contribution in [3.63, 3.8) is 0 Å². The van der Waals surface area contributed by atoms with E-state index >= 15 is 0 Å². The van der Waals surface area contributed by atoms with Gasteiger partial charge in [-0.05, 0) is 49.4 Å². The summed E-state index contributed by atoms with van der Waals surface area (Å²) in [5.41, 5.74) is 0.0911. The van der Waals surface area contributed by atoms with E-state index in [1.165, 1.54) is 28.6 Å². The fraction of sp³-hybridized carbons (Fsp3) is 0.500. The smallest absolute Gasteiger partial charge is 0.335 e. The molecule has 0 spiro atoms. The van der Waals surface area contributed by atoms with Crippen molar-refractivity contribution in [2.24, 2.45) is 5.92 Å². The van der Waals surface area contributed by atoms with E-state index in [9.17, 15) is 13.2 Å². The predicted octanol–water partition coefficient (Wildman–Crippen LogP) is 2.20. The van der Waals surface area contributed by atoms with E-state index in [1.54, 1.807) is 0 Å². The average Bonchev–Trinajstić information content (AvgIpc) is 2.64. The van der Waals surface area contributed by atoms with Crippen LogP contribution < -0.4 is 0 Å². The molecule has 1 N–H and O–H groups in total. The van der Waals surface area contributed by atoms with Crippen molar-refractivity contribution >= 4 is 16.0 Å². The Morgan fingerprint density at radius 3 is 2.45 bits per heavy atom. The molecular weight excluding hydrogens is 278 g/mol. The van der Waals surface area contributed by atoms with E-state index in [0.29, 0.717) is 19.0 Å². The van der Waals surface area contributed by atoms with Crippen LogP contribution in [0, 0.1) is 5.92 Å². The first kappa shape index (κ1) is 15.0. The minimum absolute atomic E-state index is 0.0911. The molecule has 2 rings (SSSR count). The third-order valence-corrected chi connectivity index (χ3v) is 5.63. The van der Waals surface area contributed by atoms with Crippen molar-refractivity contribution in [2.75, 3.05) is 13.1 Å². The van der Waals surface area contributed by atoms with E-state index in [1.807, 2.05) is 0 Å². The van der Waals surface area contributed by atoms with Crippen LogP contribution in [0.2, 0.25) is 0 Å². The van der Waals surface area contributed by atoms with E-state index in [4.69, 9.17) is 5.11 Å². The quantitative estimate of drug-likeness (QED) is 0.928. The van der Waals surface area contributed by atoms with Crippen LogP contribution in [0.3, 0.4) is 0 Å². The topological polar surface area (TPSA) is 74.7 Å². The maximum Gasteiger partial charge on any atom is 0.335 e. The molecule has 1 atom stereocenters. The summed E-state index contributed by atoms with van der Waals surface area (Å²) in [7, 11) is -3.51. The van der Waals surface area contributed by atoms with Crippen LogP contribution in [0.25, 0.3) is 0 Å². The number of carbonyl (C=O) groups is 1. The molecule has 1 aromatic carbocycles. The Hall–Kier alpha value is -1.40. The molecule has 6 heteroatoms. The molecule has 0 bridgehead atoms. The van der Waals surface area contributed by atoms with Gasteiger partial charge in [-0.3, -0.25) is 0 Å². The number of carboxylic acid groups (broad SMARTS) is 1. The molecule has 0 saturated carbocycles. The summed E-state index contributed by atoms with van der Waals surface area (Å²) < 4.78 is 26.5. The van der Waals surface area contributed by atoms with Crippen molar-refractivity contribution in [3.05, 3.63) is 29.8 Å². The molecular formula is C14H19NO4S. The summed E-state index contributed by atoms with van der Waals surface area (Å²) in [4.78, 5) is 10.9. The lowest BCUT2D eigenvalue weighted by molar-refractivity contribution is 0.0696. The number of carboxylic acids is 1. The Morgan fingerprint density at radius 2 is 1.85 bits per heavy atom. The SMILES string of the molecule is CC1CCCN(S(=O)(=O)c2ccc(C(=O)O)cc2)CC1. The van der Waals surface area contributed by atoms with Crippen molar-refractivity contribution in [2.45, 2.75) is 31.1 Å². The largest absolute Gasteiger partial charge is 0.478 e. The Labute approximate surface area is 119 Å². The fourth-order valence-corrected chi connectivity index (χ4v) is 3.89. The third-order valence-electron chi connectivity index (χ3n) is 3.71. The van der Waals surface area contributed by atoms with Gasteiger partial charge in [0.05, 0.1) is 10.5 Å². The second kappa shape index (κ2) is 5.93. The summed E-state index contributed by atoms with van der Waals surface area (Å²) in [5, 5.41) is 8.83. The molecule has 1 aliphatic rings. The zero-order chi connectivity index (χ0) is 14.8. The number of nitrogens with zero attached hydrogens (tertiary/aromatic N) is 1. The van der Waals surface area contributed by atoms with Crippen LogP contribution >= 0.6 is 0 Å². The molecule has 0 radical (unpaired) electrons. The second-order valence-electron chi connectivity index (χ2n) is 5.27. The first-order valence-corrected chi connectivity index (χ1v) is 8.19. The lowest BCUT2D eigenvalue weighted by Gasteiger charge is -2.20. The second-order valence-corrected chi connectivity index (χ2v) is 7.21. The minimum atomic E-state index is -3.51. The molecule has 1 aliphatic heterocycles. The zero-order valence-electron chi connectivity index (χ0n) is 11.4. The van der Waals surface area contributed by atoms with E-state index in [2.05, 4.69) is 6.92 Å². The molecule has 1 unspecified atom stereocenters. The van der Waals surface area contributed by atoms with Gasteiger partial charge >= 0.3 is 5.97 Å². The molecule has 0 amide bonds. The first-order valence-electron chi connectivity index (χ1n) is 6.75. The van der Waals surface area contributed by atoms with Gasteiger partial charge in [0.2, 0.25) is 10.0 Å². The molecule has 0 aliphatic carbocycles. The van der Waals surface area contributed by atoms with Gasteiger partial charge in [0.25, 0.3) is 0 Å². The lowest BCUT2D eigenvalue weighted by Crippen LogP contribution is -2.32. The highest BCUT2D eigenvalue weighted by molar-refractivity contribution is 7.89. The zero-order valence-corrected chi connectivity index (χ0v) is 12.3. The van der Waals surface area contributed by atoms with Crippen molar-refractivity contribution in [1.29, 1.82) is 0 Å². The van der Waals surface area contributed by atoms with Gasteiger partial charge in [0.15, 0.2) is 0 Å². The monoisotopic (exact) mass is 297 g/mol. The molecule has 110 valence electrons. The molecule has 1 saturated heterocycles. The Bertz CT molecular complexity index is 580. The van der Waals surface area contributed by atoms with Gasteiger partial charge in [0, 0.05) is 13.1 Å². The van der Waals surface area contributed by atoms with Gasteiger partial charge in [-0.15, -0.1) is 0 Å². The molecule has 1 fully saturated rings. The minimum Gasteiger partial charge on any atom is -0.478 e. The maximum atomic E-state index is 12.5. The van der Waals surface area contributed by atoms with Crippen LogP contribution in [0.1, 0.15) is 36.5 Å². The van der Waals surface area contributed by atoms with Crippen LogP contribution in [0.5, 0.6) is 0 Å². The number of hydrogen-bond donors (Lipinski definition) is 1. The highest BCUT2D eigenvalue weighted by Crippen LogP contribution is 2.23. The summed E-state index contributed by atoms with van der Waals surface area (Å²) in [6.07, 6.45) is 2.78. The number of benzene rings is 1. The van der Waals surface area contributed by atoms with Crippen LogP contribution in [0.4, 0.5) is 0 Å². The highest BCUT2D eigenvalue weighted by atomic mass is 32.2.